The summed E-state index contributed by atoms with van der Waals surface area (Å²) in [6.07, 6.45) is 2.57. The molecule has 0 fully saturated rings. The smallest absolute Gasteiger partial charge is 1.00 e. The van der Waals surface area contributed by atoms with Gasteiger partial charge in [-0.1, -0.05) is 22.6 Å². The number of imide groups is 1. The second-order valence-electron chi connectivity index (χ2n) is 2.26. The molecule has 0 N–H and O–H groups in total. The van der Waals surface area contributed by atoms with E-state index in [1.165, 1.54) is 17.1 Å². The van der Waals surface area contributed by atoms with E-state index in [0.717, 1.165) is 0 Å². The summed E-state index contributed by atoms with van der Waals surface area (Å²) in [5.41, 5.74) is 0. The Balaban J connectivity index is -0.000000214. The molecule has 1 aliphatic heterocycles. The van der Waals surface area contributed by atoms with Crippen LogP contribution in [0.5, 0.6) is 0 Å². The number of carbonyl (C=O) groups is 3. The largest absolute Gasteiger partial charge is 2.00 e. The van der Waals surface area contributed by atoms with Crippen LogP contribution in [0, 0.1) is 0 Å². The fourth-order valence-corrected chi connectivity index (χ4v) is 0.743. The topological polar surface area (TPSA) is 77.5 Å². The van der Waals surface area contributed by atoms with Crippen molar-refractivity contribution in [3.8, 4) is 0 Å². The van der Waals surface area contributed by atoms with Gasteiger partial charge in [-0.2, -0.15) is 0 Å². The Hall–Kier alpha value is -0.124. The summed E-state index contributed by atoms with van der Waals surface area (Å²) in [5, 5.41) is 9.25. The molecule has 1 rings (SSSR count). The van der Waals surface area contributed by atoms with Crippen LogP contribution in [0.3, 0.4) is 0 Å². The van der Waals surface area contributed by atoms with Gasteiger partial charge in [-0.15, -0.1) is 0 Å². The summed E-state index contributed by atoms with van der Waals surface area (Å²) >= 11 is 1.72. The van der Waals surface area contributed by atoms with Crippen LogP contribution in [0.1, 0.15) is 6.92 Å². The van der Waals surface area contributed by atoms with E-state index in [-0.39, 0.29) is 45.4 Å². The number of hydrogen-bond acceptors (Lipinski definition) is 4. The van der Waals surface area contributed by atoms with Crippen LogP contribution in [0.25, 0.3) is 0 Å². The van der Waals surface area contributed by atoms with Gasteiger partial charge in [0, 0.05) is 23.1 Å². The Bertz CT molecular complexity index is 267. The molecule has 0 unspecified atom stereocenters. The molecular weight excluding hydrogens is 395 g/mol. The number of rotatable bonds is 2. The maximum atomic E-state index is 10.6. The van der Waals surface area contributed by atoms with Gasteiger partial charge in [-0.05, 0) is 6.92 Å². The number of halogens is 2. The molecule has 0 aliphatic carbocycles. The predicted molar refractivity (Wildman–Crippen MR) is 55.4 cm³/mol. The zero-order chi connectivity index (χ0) is 11.1. The molecule has 0 bridgehead atoms. The first-order valence-electron chi connectivity index (χ1n) is 3.82. The summed E-state index contributed by atoms with van der Waals surface area (Å²) in [6, 6.07) is 0. The van der Waals surface area contributed by atoms with E-state index in [0.29, 0.717) is 6.54 Å². The van der Waals surface area contributed by atoms with Crippen LogP contribution in [0.15, 0.2) is 12.2 Å². The molecule has 0 saturated carbocycles. The number of carboxylic acid groups (broad SMARTS) is 1. The molecule has 1 aliphatic rings. The SMILES string of the molecule is CCN1C(=O)C=CC1=O.O=C([O-])CI.[Cl-].[Co+2]. The molecule has 2 amide bonds. The van der Waals surface area contributed by atoms with Crippen molar-refractivity contribution >= 4 is 40.4 Å². The van der Waals surface area contributed by atoms with Gasteiger partial charge in [0.25, 0.3) is 11.8 Å². The minimum Gasteiger partial charge on any atom is -1.00 e. The molecule has 5 nitrogen and oxygen atoms in total. The van der Waals surface area contributed by atoms with Crippen LogP contribution < -0.4 is 17.5 Å². The molecule has 1 radical (unpaired) electrons. The second kappa shape index (κ2) is 11.4. The quantitative estimate of drug-likeness (QED) is 0.268. The third-order valence-corrected chi connectivity index (χ3v) is 1.95. The number of likely N-dealkylation sites (N-methyl/N-ethyl adjacent to an activating group) is 1. The first-order valence-corrected chi connectivity index (χ1v) is 5.34. The number of nitrogens with zero attached hydrogens (tertiary/aromatic N) is 1. The summed E-state index contributed by atoms with van der Waals surface area (Å²) in [6.45, 7) is 2.23. The molecule has 0 aromatic rings. The van der Waals surface area contributed by atoms with Gasteiger partial charge in [0.15, 0.2) is 0 Å². The Kier molecular flexibility index (Phi) is 15.1. The average molecular weight is 404 g/mol. The van der Waals surface area contributed by atoms with Gasteiger partial charge in [0.05, 0.1) is 5.97 Å². The normalized spacial score (nSPS) is 12.2. The molecule has 0 aromatic carbocycles. The molecule has 0 aromatic heterocycles. The van der Waals surface area contributed by atoms with Crippen molar-refractivity contribution < 1.29 is 48.7 Å². The second-order valence-corrected chi connectivity index (χ2v) is 3.02. The van der Waals surface area contributed by atoms with E-state index < -0.39 is 5.97 Å². The minimum atomic E-state index is -1.01. The van der Waals surface area contributed by atoms with Gasteiger partial charge >= 0.3 is 16.8 Å². The van der Waals surface area contributed by atoms with Crippen LogP contribution in [0.4, 0.5) is 0 Å². The minimum absolute atomic E-state index is 0. The third-order valence-electron chi connectivity index (χ3n) is 1.33. The first-order chi connectivity index (χ1) is 6.52. The number of alkyl halides is 1. The fourth-order valence-electron chi connectivity index (χ4n) is 0.743. The van der Waals surface area contributed by atoms with Crippen molar-refractivity contribution in [3.63, 3.8) is 0 Å². The van der Waals surface area contributed by atoms with Crippen LogP contribution in [-0.2, 0) is 31.2 Å². The zero-order valence-electron chi connectivity index (χ0n) is 8.24. The zero-order valence-corrected chi connectivity index (χ0v) is 12.2. The van der Waals surface area contributed by atoms with Crippen LogP contribution in [-0.4, -0.2) is 33.7 Å². The van der Waals surface area contributed by atoms with Gasteiger partial charge in [-0.25, -0.2) is 0 Å². The summed E-state index contributed by atoms with van der Waals surface area (Å²) in [5.74, 6) is -1.42. The Morgan fingerprint density at radius 3 is 1.81 bits per heavy atom. The van der Waals surface area contributed by atoms with E-state index in [9.17, 15) is 19.5 Å². The van der Waals surface area contributed by atoms with Crippen molar-refractivity contribution in [1.29, 1.82) is 0 Å². The Morgan fingerprint density at radius 2 is 1.69 bits per heavy atom. The van der Waals surface area contributed by atoms with Gasteiger partial charge in [0.2, 0.25) is 0 Å². The number of aliphatic carboxylic acids is 1. The molecule has 93 valence electrons. The maximum absolute atomic E-state index is 10.6. The van der Waals surface area contributed by atoms with Gasteiger partial charge in [0.1, 0.15) is 0 Å². The van der Waals surface area contributed by atoms with E-state index in [2.05, 4.69) is 0 Å². The van der Waals surface area contributed by atoms with Crippen LogP contribution >= 0.6 is 22.6 Å². The molecule has 16 heavy (non-hydrogen) atoms. The van der Waals surface area contributed by atoms with E-state index >= 15 is 0 Å². The molecule has 1 heterocycles. The number of carboxylic acids is 1. The number of amides is 2. The monoisotopic (exact) mass is 404 g/mol. The van der Waals surface area contributed by atoms with Crippen molar-refractivity contribution in [2.24, 2.45) is 0 Å². The van der Waals surface area contributed by atoms with Gasteiger partial charge in [-0.3, -0.25) is 14.5 Å². The first kappa shape index (κ1) is 21.2. The average Bonchev–Trinajstić information content (AvgIpc) is 2.47. The van der Waals surface area contributed by atoms with Gasteiger partial charge < -0.3 is 22.3 Å². The van der Waals surface area contributed by atoms with Crippen molar-refractivity contribution in [1.82, 2.24) is 4.90 Å². The number of carbonyl (C=O) groups excluding carboxylic acids is 3. The standard InChI is InChI=1S/C6H7NO2.C2H3IO2.ClH.Co/c1-2-7-5(8)3-4-6(7)9;3-1-2(4)5;;/h3-4H,2H2,1H3;1H2,(H,4,5);1H;/q;;;+2/p-2. The molecular formula is C8H9ClCoINO4. The predicted octanol–water partition coefficient (Wildman–Crippen LogP) is -3.90. The van der Waals surface area contributed by atoms with E-state index in [1.807, 2.05) is 0 Å². The third kappa shape index (κ3) is 8.08. The molecule has 0 atom stereocenters. The van der Waals surface area contributed by atoms with Crippen molar-refractivity contribution in [3.05, 3.63) is 12.2 Å². The summed E-state index contributed by atoms with van der Waals surface area (Å²) < 4.78 is 0.0811. The Morgan fingerprint density at radius 1 is 1.38 bits per heavy atom. The molecule has 0 spiro atoms. The van der Waals surface area contributed by atoms with Crippen molar-refractivity contribution in [2.75, 3.05) is 11.0 Å². The fraction of sp³-hybridized carbons (Fsp3) is 0.375. The molecule has 8 heteroatoms. The summed E-state index contributed by atoms with van der Waals surface area (Å²) in [7, 11) is 0. The van der Waals surface area contributed by atoms with E-state index in [1.54, 1.807) is 29.5 Å². The molecule has 0 saturated heterocycles. The van der Waals surface area contributed by atoms with Crippen molar-refractivity contribution in [2.45, 2.75) is 6.92 Å². The number of hydrogen-bond donors (Lipinski definition) is 0. The van der Waals surface area contributed by atoms with Crippen LogP contribution in [0.2, 0.25) is 0 Å². The Labute approximate surface area is 123 Å². The maximum Gasteiger partial charge on any atom is 2.00 e. The summed E-state index contributed by atoms with van der Waals surface area (Å²) in [4.78, 5) is 31.7. The van der Waals surface area contributed by atoms with E-state index in [4.69, 9.17) is 0 Å².